The molecule has 2 rings (SSSR count). The van der Waals surface area contributed by atoms with Crippen molar-refractivity contribution in [2.45, 2.75) is 5.92 Å². The molecule has 18 heavy (non-hydrogen) atoms. The van der Waals surface area contributed by atoms with Crippen molar-refractivity contribution in [3.05, 3.63) is 71.3 Å². The minimum atomic E-state index is -1.34. The maximum absolute atomic E-state index is 13.6. The summed E-state index contributed by atoms with van der Waals surface area (Å²) >= 11 is 0. The zero-order chi connectivity index (χ0) is 13.1. The number of hydrogen-bond acceptors (Lipinski definition) is 1. The molecule has 1 unspecified atom stereocenters. The molecule has 2 aromatic carbocycles. The smallest absolute Gasteiger partial charge is 0.315 e. The number of benzene rings is 2. The first-order valence-electron chi connectivity index (χ1n) is 5.33. The molecule has 0 bridgehead atoms. The standard InChI is InChI=1S/C14H10F2O2/c15-10-7-4-8-11(16)13(10)12(14(17)18)9-5-2-1-3-6-9/h1-8,12H,(H,17,18). The highest BCUT2D eigenvalue weighted by molar-refractivity contribution is 5.80. The molecule has 0 aliphatic rings. The second-order valence-corrected chi connectivity index (χ2v) is 3.82. The first-order chi connectivity index (χ1) is 8.61. The Labute approximate surface area is 103 Å². The van der Waals surface area contributed by atoms with Crippen LogP contribution in [0, 0.1) is 11.6 Å². The summed E-state index contributed by atoms with van der Waals surface area (Å²) in [5.74, 6) is -4.34. The summed E-state index contributed by atoms with van der Waals surface area (Å²) in [7, 11) is 0. The molecule has 1 atom stereocenters. The molecule has 1 N–H and O–H groups in total. The first kappa shape index (κ1) is 12.2. The molecule has 0 radical (unpaired) electrons. The highest BCUT2D eigenvalue weighted by Gasteiger charge is 2.27. The maximum atomic E-state index is 13.6. The fourth-order valence-electron chi connectivity index (χ4n) is 1.86. The molecule has 0 fully saturated rings. The number of carboxylic acid groups (broad SMARTS) is 1. The van der Waals surface area contributed by atoms with Gasteiger partial charge in [-0.15, -0.1) is 0 Å². The highest BCUT2D eigenvalue weighted by atomic mass is 19.1. The molecule has 0 saturated carbocycles. The van der Waals surface area contributed by atoms with Crippen molar-refractivity contribution >= 4 is 5.97 Å². The van der Waals surface area contributed by atoms with Crippen LogP contribution in [0.5, 0.6) is 0 Å². The Hall–Kier alpha value is -2.23. The second kappa shape index (κ2) is 4.96. The SMILES string of the molecule is O=C(O)C(c1ccccc1)c1c(F)cccc1F. The van der Waals surface area contributed by atoms with E-state index in [9.17, 15) is 18.7 Å². The topological polar surface area (TPSA) is 37.3 Å². The fraction of sp³-hybridized carbons (Fsp3) is 0.0714. The molecule has 2 aromatic rings. The van der Waals surface area contributed by atoms with Crippen LogP contribution in [0.1, 0.15) is 17.0 Å². The van der Waals surface area contributed by atoms with Crippen molar-refractivity contribution < 1.29 is 18.7 Å². The zero-order valence-corrected chi connectivity index (χ0v) is 9.31. The van der Waals surface area contributed by atoms with E-state index in [2.05, 4.69) is 0 Å². The van der Waals surface area contributed by atoms with Gasteiger partial charge in [-0.3, -0.25) is 4.79 Å². The molecule has 0 aliphatic heterocycles. The molecule has 92 valence electrons. The predicted molar refractivity (Wildman–Crippen MR) is 62.3 cm³/mol. The van der Waals surface area contributed by atoms with Gasteiger partial charge < -0.3 is 5.11 Å². The highest BCUT2D eigenvalue weighted by Crippen LogP contribution is 2.29. The second-order valence-electron chi connectivity index (χ2n) is 3.82. The van der Waals surface area contributed by atoms with Crippen LogP contribution < -0.4 is 0 Å². The van der Waals surface area contributed by atoms with E-state index >= 15 is 0 Å². The van der Waals surface area contributed by atoms with Crippen molar-refractivity contribution in [1.82, 2.24) is 0 Å². The van der Waals surface area contributed by atoms with E-state index in [0.717, 1.165) is 12.1 Å². The summed E-state index contributed by atoms with van der Waals surface area (Å²) < 4.78 is 27.3. The Morgan fingerprint density at radius 3 is 2.00 bits per heavy atom. The normalized spacial score (nSPS) is 12.1. The Morgan fingerprint density at radius 1 is 0.944 bits per heavy atom. The number of hydrogen-bond donors (Lipinski definition) is 1. The van der Waals surface area contributed by atoms with E-state index < -0.39 is 29.1 Å². The van der Waals surface area contributed by atoms with Crippen LogP contribution in [0.25, 0.3) is 0 Å². The first-order valence-corrected chi connectivity index (χ1v) is 5.33. The molecule has 0 spiro atoms. The predicted octanol–water partition coefficient (Wildman–Crippen LogP) is 3.18. The molecular weight excluding hydrogens is 238 g/mol. The molecule has 4 heteroatoms. The summed E-state index contributed by atoms with van der Waals surface area (Å²) in [6, 6.07) is 11.3. The lowest BCUT2D eigenvalue weighted by Gasteiger charge is -2.14. The van der Waals surface area contributed by atoms with Crippen molar-refractivity contribution in [2.75, 3.05) is 0 Å². The Balaban J connectivity index is 2.60. The third-order valence-corrected chi connectivity index (χ3v) is 2.67. The van der Waals surface area contributed by atoms with Crippen LogP contribution >= 0.6 is 0 Å². The molecule has 0 aromatic heterocycles. The maximum Gasteiger partial charge on any atom is 0.315 e. The Bertz CT molecular complexity index is 547. The van der Waals surface area contributed by atoms with Gasteiger partial charge in [0.1, 0.15) is 17.6 Å². The minimum absolute atomic E-state index is 0.342. The van der Waals surface area contributed by atoms with E-state index in [-0.39, 0.29) is 0 Å². The minimum Gasteiger partial charge on any atom is -0.481 e. The van der Waals surface area contributed by atoms with Gasteiger partial charge in [0.05, 0.1) is 0 Å². The number of rotatable bonds is 3. The zero-order valence-electron chi connectivity index (χ0n) is 9.31. The van der Waals surface area contributed by atoms with E-state index in [0.29, 0.717) is 5.56 Å². The van der Waals surface area contributed by atoms with Gasteiger partial charge in [0.15, 0.2) is 0 Å². The van der Waals surface area contributed by atoms with Gasteiger partial charge in [-0.05, 0) is 17.7 Å². The molecule has 0 amide bonds. The quantitative estimate of drug-likeness (QED) is 0.905. The van der Waals surface area contributed by atoms with E-state index in [1.54, 1.807) is 18.2 Å². The third kappa shape index (κ3) is 2.22. The average Bonchev–Trinajstić information content (AvgIpc) is 2.34. The largest absolute Gasteiger partial charge is 0.481 e. The van der Waals surface area contributed by atoms with Gasteiger partial charge in [-0.1, -0.05) is 36.4 Å². The molecular formula is C14H10F2O2. The van der Waals surface area contributed by atoms with E-state index in [1.807, 2.05) is 0 Å². The number of carboxylic acids is 1. The summed E-state index contributed by atoms with van der Waals surface area (Å²) in [4.78, 5) is 11.3. The van der Waals surface area contributed by atoms with E-state index in [4.69, 9.17) is 0 Å². The average molecular weight is 248 g/mol. The Kier molecular flexibility index (Phi) is 3.37. The molecule has 0 saturated heterocycles. The number of halogens is 2. The lowest BCUT2D eigenvalue weighted by atomic mass is 9.90. The summed E-state index contributed by atoms with van der Waals surface area (Å²) in [5.41, 5.74) is -0.0924. The van der Waals surface area contributed by atoms with Crippen LogP contribution in [0.2, 0.25) is 0 Å². The van der Waals surface area contributed by atoms with Gasteiger partial charge in [0, 0.05) is 5.56 Å². The van der Waals surface area contributed by atoms with Crippen LogP contribution in [-0.2, 0) is 4.79 Å². The van der Waals surface area contributed by atoms with Crippen molar-refractivity contribution in [1.29, 1.82) is 0 Å². The summed E-state index contributed by atoms with van der Waals surface area (Å²) in [6.07, 6.45) is 0. The lowest BCUT2D eigenvalue weighted by Crippen LogP contribution is -2.16. The van der Waals surface area contributed by atoms with Gasteiger partial charge in [0.2, 0.25) is 0 Å². The van der Waals surface area contributed by atoms with Crippen LogP contribution in [-0.4, -0.2) is 11.1 Å². The van der Waals surface area contributed by atoms with E-state index in [1.165, 1.54) is 18.2 Å². The molecule has 0 heterocycles. The van der Waals surface area contributed by atoms with Crippen LogP contribution in [0.4, 0.5) is 8.78 Å². The van der Waals surface area contributed by atoms with Gasteiger partial charge in [-0.2, -0.15) is 0 Å². The number of carbonyl (C=O) groups is 1. The summed E-state index contributed by atoms with van der Waals surface area (Å²) in [5, 5.41) is 9.20. The van der Waals surface area contributed by atoms with Crippen molar-refractivity contribution in [3.63, 3.8) is 0 Å². The monoisotopic (exact) mass is 248 g/mol. The van der Waals surface area contributed by atoms with Crippen LogP contribution in [0.3, 0.4) is 0 Å². The summed E-state index contributed by atoms with van der Waals surface area (Å²) in [6.45, 7) is 0. The van der Waals surface area contributed by atoms with Crippen molar-refractivity contribution in [2.24, 2.45) is 0 Å². The molecule has 0 aliphatic carbocycles. The number of aliphatic carboxylic acids is 1. The lowest BCUT2D eigenvalue weighted by molar-refractivity contribution is -0.137. The van der Waals surface area contributed by atoms with Gasteiger partial charge in [-0.25, -0.2) is 8.78 Å². The van der Waals surface area contributed by atoms with Gasteiger partial charge in [0.25, 0.3) is 0 Å². The van der Waals surface area contributed by atoms with Crippen molar-refractivity contribution in [3.8, 4) is 0 Å². The molecule has 2 nitrogen and oxygen atoms in total. The van der Waals surface area contributed by atoms with Crippen LogP contribution in [0.15, 0.2) is 48.5 Å². The third-order valence-electron chi connectivity index (χ3n) is 2.67. The van der Waals surface area contributed by atoms with Gasteiger partial charge >= 0.3 is 5.97 Å². The fourth-order valence-corrected chi connectivity index (χ4v) is 1.86. The Morgan fingerprint density at radius 2 is 1.50 bits per heavy atom.